The maximum Gasteiger partial charge on any atom is 0.418 e. The topological polar surface area (TPSA) is 77.4 Å². The second kappa shape index (κ2) is 10.9. The van der Waals surface area contributed by atoms with Gasteiger partial charge in [-0.05, 0) is 51.4 Å². The Morgan fingerprint density at radius 1 is 1.30 bits per heavy atom. The van der Waals surface area contributed by atoms with Crippen molar-refractivity contribution in [1.82, 2.24) is 4.90 Å². The minimum atomic E-state index is -1.73. The molecular weight excluding hydrogens is 586 g/mol. The van der Waals surface area contributed by atoms with Gasteiger partial charge < -0.3 is 14.2 Å². The lowest BCUT2D eigenvalue weighted by atomic mass is 9.85. The lowest BCUT2D eigenvalue weighted by Crippen LogP contribution is -2.48. The van der Waals surface area contributed by atoms with E-state index in [0.29, 0.717) is 11.1 Å². The smallest absolute Gasteiger partial charge is 0.418 e. The van der Waals surface area contributed by atoms with Gasteiger partial charge in [0.2, 0.25) is 0 Å². The molecule has 37 heavy (non-hydrogen) atoms. The number of hydrogen-bond acceptors (Lipinski definition) is 7. The van der Waals surface area contributed by atoms with Crippen molar-refractivity contribution in [2.75, 3.05) is 27.1 Å². The fourth-order valence-electron chi connectivity index (χ4n) is 4.21. The summed E-state index contributed by atoms with van der Waals surface area (Å²) in [6.07, 6.45) is -0.542. The van der Waals surface area contributed by atoms with E-state index in [4.69, 9.17) is 14.2 Å². The molecule has 3 rings (SSSR count). The van der Waals surface area contributed by atoms with E-state index in [2.05, 4.69) is 40.6 Å². The van der Waals surface area contributed by atoms with E-state index in [0.717, 1.165) is 17.8 Å². The highest BCUT2D eigenvalue weighted by Gasteiger charge is 2.73. The largest absolute Gasteiger partial charge is 0.468 e. The van der Waals surface area contributed by atoms with Gasteiger partial charge in [0.05, 0.1) is 7.11 Å². The van der Waals surface area contributed by atoms with Crippen molar-refractivity contribution < 1.29 is 32.6 Å². The summed E-state index contributed by atoms with van der Waals surface area (Å²) < 4.78 is 46.1. The number of carbonyl (C=O) groups excluding carboxylic acids is 2. The molecule has 1 fully saturated rings. The number of methoxy groups -OCH3 is 1. The van der Waals surface area contributed by atoms with Crippen LogP contribution < -0.4 is 0 Å². The van der Waals surface area contributed by atoms with Crippen LogP contribution in [0.15, 0.2) is 27.7 Å². The van der Waals surface area contributed by atoms with Crippen molar-refractivity contribution in [3.8, 4) is 0 Å². The molecule has 1 aliphatic heterocycles. The summed E-state index contributed by atoms with van der Waals surface area (Å²) in [7, 11) is -0.157. The van der Waals surface area contributed by atoms with Crippen LogP contribution in [0, 0.1) is 11.7 Å². The SMILES string of the molecule is COC(=O)C12CC1C(CF)(c1cc(Br)ccc1F)N=C(N(COCC[Si](C)(C)C)C(=O)OC(C)(C)C)S2. The van der Waals surface area contributed by atoms with Gasteiger partial charge in [-0.3, -0.25) is 4.79 Å². The van der Waals surface area contributed by atoms with E-state index in [-0.39, 0.29) is 23.9 Å². The summed E-state index contributed by atoms with van der Waals surface area (Å²) in [5.41, 5.74) is -2.56. The van der Waals surface area contributed by atoms with E-state index in [1.807, 2.05) is 0 Å². The second-order valence-electron chi connectivity index (χ2n) is 11.6. The maximum atomic E-state index is 15.1. The minimum absolute atomic E-state index is 0.00161. The van der Waals surface area contributed by atoms with Crippen LogP contribution in [0.1, 0.15) is 32.8 Å². The Morgan fingerprint density at radius 2 is 1.97 bits per heavy atom. The number of nitrogens with zero attached hydrogens (tertiary/aromatic N) is 2. The zero-order valence-corrected chi connectivity index (χ0v) is 25.7. The Balaban J connectivity index is 2.10. The summed E-state index contributed by atoms with van der Waals surface area (Å²) in [4.78, 5) is 32.1. The highest BCUT2D eigenvalue weighted by Crippen LogP contribution is 2.67. The Bertz CT molecular complexity index is 1080. The first-order chi connectivity index (χ1) is 17.1. The summed E-state index contributed by atoms with van der Waals surface area (Å²) in [5.74, 6) is -1.90. The van der Waals surface area contributed by atoms with Crippen LogP contribution in [0.2, 0.25) is 25.7 Å². The van der Waals surface area contributed by atoms with Crippen LogP contribution in [0.3, 0.4) is 0 Å². The predicted molar refractivity (Wildman–Crippen MR) is 147 cm³/mol. The first-order valence-corrected chi connectivity index (χ1v) is 17.4. The van der Waals surface area contributed by atoms with E-state index < -0.39 is 54.4 Å². The fraction of sp³-hybridized carbons (Fsp3) is 0.640. The molecule has 1 aromatic rings. The molecule has 0 N–H and O–H groups in total. The van der Waals surface area contributed by atoms with Gasteiger partial charge in [0.1, 0.15) is 35.1 Å². The van der Waals surface area contributed by atoms with Gasteiger partial charge in [0.25, 0.3) is 0 Å². The van der Waals surface area contributed by atoms with Crippen molar-refractivity contribution in [2.45, 2.75) is 68.8 Å². The highest BCUT2D eigenvalue weighted by molar-refractivity contribution is 9.10. The molecule has 0 saturated heterocycles. The summed E-state index contributed by atoms with van der Waals surface area (Å²) in [6.45, 7) is 10.9. The van der Waals surface area contributed by atoms with Gasteiger partial charge >= 0.3 is 12.1 Å². The number of thioether (sulfide) groups is 1. The third-order valence-electron chi connectivity index (χ3n) is 6.25. The number of halogens is 3. The molecule has 1 saturated carbocycles. The number of esters is 1. The number of fused-ring (bicyclic) bond motifs is 1. The van der Waals surface area contributed by atoms with Gasteiger partial charge in [-0.25, -0.2) is 23.5 Å². The number of ether oxygens (including phenoxy) is 3. The third kappa shape index (κ3) is 6.56. The Hall–Kier alpha value is -1.50. The summed E-state index contributed by atoms with van der Waals surface area (Å²) >= 11 is 4.35. The number of rotatable bonds is 8. The van der Waals surface area contributed by atoms with Crippen LogP contribution in [0.4, 0.5) is 13.6 Å². The zero-order valence-electron chi connectivity index (χ0n) is 22.3. The Labute approximate surface area is 230 Å². The summed E-state index contributed by atoms with van der Waals surface area (Å²) in [6, 6.07) is 5.06. The quantitative estimate of drug-likeness (QED) is 0.146. The minimum Gasteiger partial charge on any atom is -0.468 e. The van der Waals surface area contributed by atoms with Gasteiger partial charge in [-0.1, -0.05) is 47.3 Å². The monoisotopic (exact) mass is 620 g/mol. The number of amides is 1. The molecule has 2 aliphatic rings. The molecule has 3 atom stereocenters. The molecular formula is C25H35BrF2N2O5SSi. The second-order valence-corrected chi connectivity index (χ2v) is 19.4. The van der Waals surface area contributed by atoms with Crippen molar-refractivity contribution in [2.24, 2.45) is 10.9 Å². The van der Waals surface area contributed by atoms with Gasteiger partial charge in [0.15, 0.2) is 5.17 Å². The van der Waals surface area contributed by atoms with Crippen LogP contribution in [-0.4, -0.2) is 67.7 Å². The maximum absolute atomic E-state index is 15.1. The Morgan fingerprint density at radius 3 is 2.54 bits per heavy atom. The van der Waals surface area contributed by atoms with E-state index in [1.54, 1.807) is 20.8 Å². The lowest BCUT2D eigenvalue weighted by molar-refractivity contribution is -0.141. The number of carbonyl (C=O) groups is 2. The van der Waals surface area contributed by atoms with Gasteiger partial charge in [0, 0.05) is 30.6 Å². The molecule has 3 unspecified atom stereocenters. The van der Waals surface area contributed by atoms with E-state index >= 15 is 8.78 Å². The third-order valence-corrected chi connectivity index (χ3v) is 9.92. The molecule has 0 radical (unpaired) electrons. The number of alkyl halides is 1. The standard InChI is InChI=1S/C25H35BrF2N2O5SSi/c1-23(2,3)35-22(32)30(15-34-10-11-37(5,6)7)21-29-24(14-27,17-12-16(26)8-9-18(17)28)19-13-25(19,36-21)20(31)33-4/h8-9,12,19H,10-11,13-15H2,1-7H3. The fourth-order valence-corrected chi connectivity index (χ4v) is 6.85. The van der Waals surface area contributed by atoms with Crippen LogP contribution in [-0.2, 0) is 24.5 Å². The molecule has 0 spiro atoms. The van der Waals surface area contributed by atoms with Crippen molar-refractivity contribution >= 4 is 53.0 Å². The molecule has 1 heterocycles. The average molecular weight is 622 g/mol. The number of amidine groups is 1. The van der Waals surface area contributed by atoms with Crippen molar-refractivity contribution in [3.63, 3.8) is 0 Å². The molecule has 0 aromatic heterocycles. The molecule has 1 aliphatic carbocycles. The molecule has 1 amide bonds. The number of aliphatic imine (C=N–C) groups is 1. The number of hydrogen-bond donors (Lipinski definition) is 0. The van der Waals surface area contributed by atoms with Crippen LogP contribution in [0.25, 0.3) is 0 Å². The molecule has 206 valence electrons. The van der Waals surface area contributed by atoms with Crippen LogP contribution >= 0.6 is 27.7 Å². The van der Waals surface area contributed by atoms with Gasteiger partial charge in [-0.15, -0.1) is 0 Å². The molecule has 1 aromatic carbocycles. The van der Waals surface area contributed by atoms with Crippen molar-refractivity contribution in [1.29, 1.82) is 0 Å². The van der Waals surface area contributed by atoms with E-state index in [1.165, 1.54) is 30.2 Å². The zero-order chi connectivity index (χ0) is 27.8. The lowest BCUT2D eigenvalue weighted by Gasteiger charge is -2.38. The highest BCUT2D eigenvalue weighted by atomic mass is 79.9. The van der Waals surface area contributed by atoms with Crippen LogP contribution in [0.5, 0.6) is 0 Å². The Kier molecular flexibility index (Phi) is 8.88. The molecule has 0 bridgehead atoms. The van der Waals surface area contributed by atoms with Crippen molar-refractivity contribution in [3.05, 3.63) is 34.1 Å². The predicted octanol–water partition coefficient (Wildman–Crippen LogP) is 6.34. The number of benzene rings is 1. The summed E-state index contributed by atoms with van der Waals surface area (Å²) in [5, 5.41) is 0.0263. The first kappa shape index (κ1) is 30.0. The normalized spacial score (nSPS) is 25.1. The van der Waals surface area contributed by atoms with E-state index in [9.17, 15) is 9.59 Å². The first-order valence-electron chi connectivity index (χ1n) is 12.1. The molecule has 12 heteroatoms. The average Bonchev–Trinajstić information content (AvgIpc) is 3.54. The molecule has 7 nitrogen and oxygen atoms in total. The van der Waals surface area contributed by atoms with Gasteiger partial charge in [-0.2, -0.15) is 0 Å².